The van der Waals surface area contributed by atoms with Crippen LogP contribution < -0.4 is 0 Å². The minimum absolute atomic E-state index is 0.247. The highest BCUT2D eigenvalue weighted by atomic mass is 28.4. The third-order valence-corrected chi connectivity index (χ3v) is 4.16. The molecule has 0 aromatic heterocycles. The van der Waals surface area contributed by atoms with Crippen LogP contribution in [0.4, 0.5) is 0 Å². The minimum atomic E-state index is -1.92. The summed E-state index contributed by atoms with van der Waals surface area (Å²) >= 11 is 0. The van der Waals surface area contributed by atoms with Crippen LogP contribution in [0.5, 0.6) is 0 Å². The lowest BCUT2D eigenvalue weighted by atomic mass is 10.3. The summed E-state index contributed by atoms with van der Waals surface area (Å²) in [5.41, 5.74) is 0.946. The van der Waals surface area contributed by atoms with Gasteiger partial charge in [0.1, 0.15) is 0 Å². The number of nitrogens with zero attached hydrogens (tertiary/aromatic N) is 1. The number of carbonyl (C=O) groups is 1. The van der Waals surface area contributed by atoms with Crippen molar-refractivity contribution in [1.29, 1.82) is 5.26 Å². The third-order valence-electron chi connectivity index (χ3n) is 1.85. The van der Waals surface area contributed by atoms with Gasteiger partial charge in [-0.15, -0.1) is 0 Å². The van der Waals surface area contributed by atoms with Crippen molar-refractivity contribution in [2.75, 3.05) is 0 Å². The number of nitriles is 1. The molecule has 0 heterocycles. The van der Waals surface area contributed by atoms with Crippen LogP contribution in [0.15, 0.2) is 11.6 Å². The molecule has 0 atom stereocenters. The van der Waals surface area contributed by atoms with Crippen LogP contribution in [0, 0.1) is 11.3 Å². The van der Waals surface area contributed by atoms with Crippen molar-refractivity contribution in [2.45, 2.75) is 45.8 Å². The van der Waals surface area contributed by atoms with E-state index < -0.39 is 8.32 Å². The first kappa shape index (κ1) is 13.9. The van der Waals surface area contributed by atoms with Crippen molar-refractivity contribution < 1.29 is 9.22 Å². The first-order valence-electron chi connectivity index (χ1n) is 5.12. The highest BCUT2D eigenvalue weighted by Gasteiger charge is 2.25. The lowest BCUT2D eigenvalue weighted by Gasteiger charge is -2.21. The lowest BCUT2D eigenvalue weighted by Crippen LogP contribution is -2.32. The van der Waals surface area contributed by atoms with Crippen molar-refractivity contribution in [2.24, 2.45) is 0 Å². The summed E-state index contributed by atoms with van der Waals surface area (Å²) in [7, 11) is -1.92. The normalized spacial score (nSPS) is 10.3. The fourth-order valence-corrected chi connectivity index (χ4v) is 2.92. The second-order valence-corrected chi connectivity index (χ2v) is 8.64. The first-order chi connectivity index (χ1) is 6.87. The van der Waals surface area contributed by atoms with Crippen molar-refractivity contribution in [3.8, 4) is 6.07 Å². The topological polar surface area (TPSA) is 50.1 Å². The molecular formula is C11H19NO2Si. The van der Waals surface area contributed by atoms with E-state index in [4.69, 9.17) is 9.69 Å². The standard InChI is InChI=1S/C11H19NO2Si/c1-10(2)9-11(13)14-15(3,4)8-6-5-7-12/h9H,5-6,8H2,1-4H3. The molecule has 15 heavy (non-hydrogen) atoms. The molecule has 0 aliphatic heterocycles. The van der Waals surface area contributed by atoms with Crippen LogP contribution >= 0.6 is 0 Å². The SMILES string of the molecule is CC(C)=CC(=O)O[Si](C)(C)CCCC#N. The highest BCUT2D eigenvalue weighted by molar-refractivity contribution is 6.72. The molecule has 0 aliphatic rings. The van der Waals surface area contributed by atoms with Gasteiger partial charge in [-0.3, -0.25) is 0 Å². The summed E-state index contributed by atoms with van der Waals surface area (Å²) < 4.78 is 5.41. The Bertz CT molecular complexity index is 285. The van der Waals surface area contributed by atoms with Crippen LogP contribution in [-0.4, -0.2) is 14.3 Å². The van der Waals surface area contributed by atoms with Crippen LogP contribution in [0.2, 0.25) is 19.1 Å². The van der Waals surface area contributed by atoms with Gasteiger partial charge >= 0.3 is 5.97 Å². The molecule has 0 unspecified atom stereocenters. The zero-order valence-corrected chi connectivity index (χ0v) is 11.0. The Hall–Kier alpha value is -1.08. The molecule has 0 saturated heterocycles. The molecule has 0 N–H and O–H groups in total. The highest BCUT2D eigenvalue weighted by Crippen LogP contribution is 2.15. The Balaban J connectivity index is 4.08. The van der Waals surface area contributed by atoms with Gasteiger partial charge in [-0.2, -0.15) is 5.26 Å². The molecule has 0 aliphatic carbocycles. The summed E-state index contributed by atoms with van der Waals surface area (Å²) in [5, 5.41) is 8.41. The fraction of sp³-hybridized carbons (Fsp3) is 0.636. The maximum Gasteiger partial charge on any atom is 0.317 e. The number of carbonyl (C=O) groups excluding carboxylic acids is 1. The molecule has 0 saturated carbocycles. The number of rotatable bonds is 5. The van der Waals surface area contributed by atoms with E-state index in [0.717, 1.165) is 18.0 Å². The van der Waals surface area contributed by atoms with Gasteiger partial charge in [-0.1, -0.05) is 5.57 Å². The van der Waals surface area contributed by atoms with Crippen molar-refractivity contribution in [3.05, 3.63) is 11.6 Å². The van der Waals surface area contributed by atoms with E-state index in [-0.39, 0.29) is 5.97 Å². The molecule has 0 aromatic rings. The van der Waals surface area contributed by atoms with Crippen molar-refractivity contribution in [3.63, 3.8) is 0 Å². The van der Waals surface area contributed by atoms with Gasteiger partial charge in [0, 0.05) is 12.5 Å². The van der Waals surface area contributed by atoms with Gasteiger partial charge in [0.05, 0.1) is 6.07 Å². The maximum atomic E-state index is 11.4. The van der Waals surface area contributed by atoms with E-state index in [1.165, 1.54) is 6.08 Å². The summed E-state index contributed by atoms with van der Waals surface area (Å²) in [4.78, 5) is 11.4. The second-order valence-electron chi connectivity index (χ2n) is 4.41. The second kappa shape index (κ2) is 6.41. The molecule has 0 rings (SSSR count). The molecule has 4 heteroatoms. The smallest absolute Gasteiger partial charge is 0.317 e. The number of hydrogen-bond donors (Lipinski definition) is 0. The number of allylic oxidation sites excluding steroid dienone is 1. The summed E-state index contributed by atoms with van der Waals surface area (Å²) in [5.74, 6) is -0.247. The Morgan fingerprint density at radius 1 is 1.47 bits per heavy atom. The van der Waals surface area contributed by atoms with E-state index >= 15 is 0 Å². The maximum absolute atomic E-state index is 11.4. The number of unbranched alkanes of at least 4 members (excludes halogenated alkanes) is 1. The van der Waals surface area contributed by atoms with Crippen LogP contribution in [0.1, 0.15) is 26.7 Å². The van der Waals surface area contributed by atoms with Crippen LogP contribution in [0.3, 0.4) is 0 Å². The summed E-state index contributed by atoms with van der Waals surface area (Å²) in [6, 6.07) is 2.95. The zero-order chi connectivity index (χ0) is 11.9. The average molecular weight is 225 g/mol. The third kappa shape index (κ3) is 7.95. The molecule has 0 radical (unpaired) electrons. The van der Waals surface area contributed by atoms with E-state index in [1.807, 2.05) is 26.9 Å². The van der Waals surface area contributed by atoms with E-state index in [1.54, 1.807) is 0 Å². The van der Waals surface area contributed by atoms with E-state index in [0.29, 0.717) is 6.42 Å². The van der Waals surface area contributed by atoms with Crippen LogP contribution in [-0.2, 0) is 9.22 Å². The number of hydrogen-bond acceptors (Lipinski definition) is 3. The molecule has 0 fully saturated rings. The Morgan fingerprint density at radius 3 is 2.53 bits per heavy atom. The van der Waals surface area contributed by atoms with Gasteiger partial charge < -0.3 is 4.43 Å². The molecule has 84 valence electrons. The van der Waals surface area contributed by atoms with Gasteiger partial charge in [0.25, 0.3) is 0 Å². The molecule has 0 spiro atoms. The van der Waals surface area contributed by atoms with Crippen molar-refractivity contribution in [1.82, 2.24) is 0 Å². The zero-order valence-electron chi connectivity index (χ0n) is 9.96. The van der Waals surface area contributed by atoms with Crippen molar-refractivity contribution >= 4 is 14.3 Å². The van der Waals surface area contributed by atoms with Gasteiger partial charge in [0.2, 0.25) is 8.32 Å². The van der Waals surface area contributed by atoms with E-state index in [9.17, 15) is 4.79 Å². The molecule has 0 bridgehead atoms. The van der Waals surface area contributed by atoms with Gasteiger partial charge in [-0.05, 0) is 39.4 Å². The Kier molecular flexibility index (Phi) is 5.95. The molecule has 0 aromatic carbocycles. The average Bonchev–Trinajstić information content (AvgIpc) is 2.00. The Morgan fingerprint density at radius 2 is 2.07 bits per heavy atom. The summed E-state index contributed by atoms with van der Waals surface area (Å²) in [6.45, 7) is 7.74. The lowest BCUT2D eigenvalue weighted by molar-refractivity contribution is -0.129. The molecule has 3 nitrogen and oxygen atoms in total. The van der Waals surface area contributed by atoms with Crippen LogP contribution in [0.25, 0.3) is 0 Å². The summed E-state index contributed by atoms with van der Waals surface area (Å²) in [6.07, 6.45) is 2.87. The molecule has 0 amide bonds. The largest absolute Gasteiger partial charge is 0.517 e. The fourth-order valence-electron chi connectivity index (χ4n) is 1.18. The minimum Gasteiger partial charge on any atom is -0.517 e. The molecular weight excluding hydrogens is 206 g/mol. The predicted octanol–water partition coefficient (Wildman–Crippen LogP) is 3.00. The predicted molar refractivity (Wildman–Crippen MR) is 62.7 cm³/mol. The quantitative estimate of drug-likeness (QED) is 0.410. The Labute approximate surface area is 92.9 Å². The first-order valence-corrected chi connectivity index (χ1v) is 8.24. The van der Waals surface area contributed by atoms with E-state index in [2.05, 4.69) is 6.07 Å². The van der Waals surface area contributed by atoms with Gasteiger partial charge in [0.15, 0.2) is 0 Å². The monoisotopic (exact) mass is 225 g/mol. The van der Waals surface area contributed by atoms with Gasteiger partial charge in [-0.25, -0.2) is 4.79 Å².